The summed E-state index contributed by atoms with van der Waals surface area (Å²) in [6.07, 6.45) is 8.02. The highest BCUT2D eigenvalue weighted by molar-refractivity contribution is 6.34. The van der Waals surface area contributed by atoms with Gasteiger partial charge in [0.15, 0.2) is 23.1 Å². The number of nitrogens with one attached hydrogen (secondary N) is 8. The number of amides is 4. The largest absolute Gasteiger partial charge is 0.393 e. The Morgan fingerprint density at radius 2 is 0.633 bits per heavy atom. The molecule has 8 fully saturated rings. The molecule has 1 unspecified atom stereocenters. The number of benzene rings is 8. The summed E-state index contributed by atoms with van der Waals surface area (Å²) in [6, 6.07) is 28.8. The van der Waals surface area contributed by atoms with Crippen LogP contribution in [0.4, 0.5) is 49.1 Å². The summed E-state index contributed by atoms with van der Waals surface area (Å²) >= 11 is 49.6. The molecule has 0 bridgehead atoms. The van der Waals surface area contributed by atoms with E-state index < -0.39 is 145 Å². The number of fused-ring (bicyclic) bond motifs is 8. The number of carbonyl (C=O) groups is 8. The van der Waals surface area contributed by atoms with E-state index in [9.17, 15) is 80.7 Å². The Morgan fingerprint density at radius 3 is 0.953 bits per heavy atom. The number of aliphatic hydroxyl groups is 4. The van der Waals surface area contributed by atoms with E-state index in [0.29, 0.717) is 151 Å². The van der Waals surface area contributed by atoms with Gasteiger partial charge in [-0.3, -0.25) is 38.4 Å². The number of Topliss-reactive ketones (excluding diaryl/α,β-unsaturated/α-hetero) is 4. The van der Waals surface area contributed by atoms with Gasteiger partial charge in [0.1, 0.15) is 56.6 Å². The Labute approximate surface area is 911 Å². The zero-order chi connectivity index (χ0) is 109. The normalized spacial score (nSPS) is 32.1. The van der Waals surface area contributed by atoms with Crippen LogP contribution in [0.25, 0.3) is 0 Å². The highest BCUT2D eigenvalue weighted by Crippen LogP contribution is 2.65. The molecule has 18 atom stereocenters. The van der Waals surface area contributed by atoms with E-state index in [1.807, 2.05) is 59.7 Å². The standard InChI is InChI=1S/2C29H32Cl2F2N2O3.2C29H33Cl2FN2O3/c1-27(2,3)13-23-29(16-9-20(33)18(31)10-21(16)34-26(29)37)24(15-5-6-19(32)17(30)8-15)25(35-23)22(36)7-14-11-28(4,38)12-14;1-27(2,3)13-22-29(16-9-19(32)18(31)10-20(16)34-26(29)37)23(15-6-5-7-17(30)24(15)33)25(35-22)21(36)8-14-11-28(4,38)12-14;1-27(2,3)14-23-29(18-7-6-17(30)11-21(18)33-26(29)36)24(16-5-8-20(32)19(31)10-16)25(34-23)22(35)9-15-12-28(4,37)13-15;1-28(2,3)14-24-29(19-12-21(32)20(31)13-22(19)33-27(29)37)25(16-5-4-6-17(30)11-16)26(34-24)23(36)10-15-7-8-18(35)9-15/h5-6,8-10,14,23-25,35,38H,7,11-13H2,1-4H3,(H,34,37);5-7,9-10,14,22-23,25,35,38H,8,11-13H2,1-4H3,(H,34,37);5-8,10-11,15,23-25,34,37H,9,12-14H2,1-4H3,(H,33,36);4-6,11-13,15,18,24-26,34-35H,7-10,14H2,1-3H3,(H,33,37)/t14?,23-,24+,25+,28?,29+;14?,22-,23+,25+,28?,29+;15?,23-,24+,25+,28?,29+;15?,18-,24-,25+,26+,29+/m1111/s1. The summed E-state index contributed by atoms with van der Waals surface area (Å²) in [4.78, 5) is 112. The van der Waals surface area contributed by atoms with E-state index in [4.69, 9.17) is 92.8 Å². The fraction of sp³-hybridized carbons (Fsp3) is 0.517. The van der Waals surface area contributed by atoms with E-state index in [1.165, 1.54) is 60.7 Å². The molecular weight excluding hydrogens is 2090 g/mol. The monoisotopic (exact) mass is 2220 g/mol. The first-order valence-corrected chi connectivity index (χ1v) is 54.5. The van der Waals surface area contributed by atoms with Gasteiger partial charge in [0.05, 0.1) is 77.2 Å². The highest BCUT2D eigenvalue weighted by atomic mass is 35.5. The first kappa shape index (κ1) is 113. The van der Waals surface area contributed by atoms with Crippen molar-refractivity contribution in [2.75, 3.05) is 21.3 Å². The Balaban J connectivity index is 0.000000136. The second kappa shape index (κ2) is 41.5. The zero-order valence-corrected chi connectivity index (χ0v) is 92.4. The van der Waals surface area contributed by atoms with Crippen LogP contribution >= 0.6 is 92.8 Å². The summed E-state index contributed by atoms with van der Waals surface area (Å²) in [5.74, 6) is -8.28. The second-order valence-corrected chi connectivity index (χ2v) is 53.4. The lowest BCUT2D eigenvalue weighted by Crippen LogP contribution is -2.49. The molecule has 12 N–H and O–H groups in total. The Hall–Kier alpha value is -8.10. The van der Waals surface area contributed by atoms with Crippen LogP contribution in [0.2, 0.25) is 40.2 Å². The fourth-order valence-electron chi connectivity index (χ4n) is 27.6. The maximum Gasteiger partial charge on any atom is 0.237 e. The van der Waals surface area contributed by atoms with Crippen molar-refractivity contribution in [2.45, 2.75) is 330 Å². The van der Waals surface area contributed by atoms with Crippen LogP contribution in [0, 0.1) is 80.2 Å². The van der Waals surface area contributed by atoms with Crippen LogP contribution in [0.15, 0.2) is 133 Å². The predicted molar refractivity (Wildman–Crippen MR) is 575 cm³/mol. The molecule has 0 radical (unpaired) electrons. The van der Waals surface area contributed by atoms with Crippen molar-refractivity contribution < 1.29 is 85.1 Å². The van der Waals surface area contributed by atoms with Crippen LogP contribution in [0.3, 0.4) is 0 Å². The molecule has 8 heterocycles. The molecule has 4 saturated carbocycles. The van der Waals surface area contributed by atoms with Gasteiger partial charge in [-0.25, -0.2) is 26.3 Å². The molecule has 804 valence electrons. The van der Waals surface area contributed by atoms with Crippen molar-refractivity contribution in [3.8, 4) is 0 Å². The Morgan fingerprint density at radius 1 is 0.333 bits per heavy atom. The van der Waals surface area contributed by atoms with Crippen LogP contribution in [-0.4, -0.2) is 138 Å². The molecule has 150 heavy (non-hydrogen) atoms. The molecule has 4 amide bonds. The van der Waals surface area contributed by atoms with Gasteiger partial charge < -0.3 is 63.0 Å². The van der Waals surface area contributed by atoms with Crippen LogP contribution in [-0.2, 0) is 60.0 Å². The Kier molecular flexibility index (Phi) is 31.2. The molecule has 8 aliphatic heterocycles. The van der Waals surface area contributed by atoms with E-state index in [0.717, 1.165) is 17.5 Å². The lowest BCUT2D eigenvalue weighted by molar-refractivity contribution is -0.128. The van der Waals surface area contributed by atoms with Crippen LogP contribution in [0.5, 0.6) is 0 Å². The van der Waals surface area contributed by atoms with Crippen molar-refractivity contribution in [2.24, 2.45) is 45.3 Å². The van der Waals surface area contributed by atoms with Crippen molar-refractivity contribution in [1.29, 1.82) is 0 Å². The van der Waals surface area contributed by atoms with Crippen LogP contribution < -0.4 is 42.5 Å². The molecule has 20 nitrogen and oxygen atoms in total. The summed E-state index contributed by atoms with van der Waals surface area (Å²) < 4.78 is 89.1. The van der Waals surface area contributed by atoms with Gasteiger partial charge in [0.2, 0.25) is 23.6 Å². The molecule has 8 aromatic rings. The minimum Gasteiger partial charge on any atom is -0.393 e. The van der Waals surface area contributed by atoms with Crippen molar-refractivity contribution >= 4 is 162 Å². The Bertz CT molecular complexity index is 6720. The summed E-state index contributed by atoms with van der Waals surface area (Å²) in [7, 11) is 0. The molecule has 0 aromatic heterocycles. The summed E-state index contributed by atoms with van der Waals surface area (Å²) in [5.41, 5.74) is -2.56. The smallest absolute Gasteiger partial charge is 0.237 e. The average molecular weight is 2230 g/mol. The molecule has 4 saturated heterocycles. The van der Waals surface area contributed by atoms with Crippen molar-refractivity contribution in [3.63, 3.8) is 0 Å². The van der Waals surface area contributed by atoms with Gasteiger partial charge in [0, 0.05) is 106 Å². The third kappa shape index (κ3) is 21.6. The van der Waals surface area contributed by atoms with Gasteiger partial charge in [0.25, 0.3) is 0 Å². The average Bonchev–Trinajstić information content (AvgIpc) is 1.54. The summed E-state index contributed by atoms with van der Waals surface area (Å²) in [6.45, 7) is 30.0. The van der Waals surface area contributed by atoms with Gasteiger partial charge in [-0.15, -0.1) is 0 Å². The number of halogens is 14. The number of hydrogen-bond acceptors (Lipinski definition) is 16. The van der Waals surface area contributed by atoms with Gasteiger partial charge in [-0.1, -0.05) is 218 Å². The lowest BCUT2D eigenvalue weighted by atomic mass is 9.61. The fourth-order valence-corrected chi connectivity index (χ4v) is 29.1. The molecule has 12 aliphatic rings. The van der Waals surface area contributed by atoms with E-state index in [1.54, 1.807) is 75.4 Å². The predicted octanol–water partition coefficient (Wildman–Crippen LogP) is 24.3. The number of rotatable bonds is 20. The van der Waals surface area contributed by atoms with Gasteiger partial charge >= 0.3 is 0 Å². The third-order valence-corrected chi connectivity index (χ3v) is 35.3. The van der Waals surface area contributed by atoms with Gasteiger partial charge in [-0.2, -0.15) is 0 Å². The van der Waals surface area contributed by atoms with Crippen molar-refractivity contribution in [1.82, 2.24) is 21.3 Å². The third-order valence-electron chi connectivity index (χ3n) is 33.1. The quantitative estimate of drug-likeness (QED) is 0.0316. The minimum atomic E-state index is -1.50. The molecule has 8 aromatic carbocycles. The van der Waals surface area contributed by atoms with Crippen LogP contribution in [0.1, 0.15) is 281 Å². The topological polar surface area (TPSA) is 314 Å². The zero-order valence-electron chi connectivity index (χ0n) is 86.4. The number of ketones is 4. The number of aliphatic hydroxyl groups excluding tert-OH is 1. The minimum absolute atomic E-state index is 0.00412. The van der Waals surface area contributed by atoms with E-state index >= 15 is 4.39 Å². The summed E-state index contributed by atoms with van der Waals surface area (Å²) in [5, 5.41) is 66.8. The molecule has 20 rings (SSSR count). The molecule has 4 spiro atoms. The number of hydrogen-bond donors (Lipinski definition) is 12. The highest BCUT2D eigenvalue weighted by Gasteiger charge is 2.72. The first-order chi connectivity index (χ1) is 69.9. The lowest BCUT2D eigenvalue weighted by Gasteiger charge is -2.41. The molecule has 4 aliphatic carbocycles. The van der Waals surface area contributed by atoms with Gasteiger partial charge in [-0.05, 0) is 285 Å². The molecular formula is C116H130Cl8F6N8O12. The number of anilines is 4. The maximum absolute atomic E-state index is 15.7. The maximum atomic E-state index is 15.7. The number of carbonyl (C=O) groups excluding carboxylic acids is 8. The van der Waals surface area contributed by atoms with Crippen molar-refractivity contribution in [3.05, 3.63) is 253 Å². The van der Waals surface area contributed by atoms with E-state index in [-0.39, 0.29) is 147 Å². The molecule has 34 heteroatoms. The SMILES string of the molecule is CC(C)(C)C[C@H]1N[C@@H](C(=O)CC2CC(C)(O)C2)[C@H](c2ccc(F)c(Cl)c2)[C@@]12C(=O)Nc1cc(Cl)c(F)cc12.CC(C)(C)C[C@H]1N[C@@H](C(=O)CC2CC(C)(O)C2)[C@H](c2ccc(F)c(Cl)c2)[C@@]12C(=O)Nc1cc(Cl)ccc12.CC(C)(C)C[C@H]1N[C@@H](C(=O)CC2CC(C)(O)C2)[C@H](c2cccc(Cl)c2F)[C@@]12C(=O)Nc1cc(Cl)c(F)cc12.CC(C)(C)C[C@H]1N[C@@H](C(=O)CC2CC[C@@H](O)C2)[C@H](c2cccc(Cl)c2)[C@@]12C(=O)Nc1cc(Cl)c(F)cc12. The van der Waals surface area contributed by atoms with E-state index in [2.05, 4.69) is 84.1 Å². The first-order valence-electron chi connectivity index (χ1n) is 51.5. The second-order valence-electron chi connectivity index (χ2n) is 50.0.